The molecule has 2 heterocycles. The van der Waals surface area contributed by atoms with E-state index in [0.717, 1.165) is 38.7 Å². The van der Waals surface area contributed by atoms with E-state index < -0.39 is 0 Å². The van der Waals surface area contributed by atoms with Crippen molar-refractivity contribution in [2.75, 3.05) is 66.1 Å². The lowest BCUT2D eigenvalue weighted by Crippen LogP contribution is -2.54. The number of ether oxygens (including phenoxy) is 1. The van der Waals surface area contributed by atoms with Crippen molar-refractivity contribution in [3.63, 3.8) is 0 Å². The summed E-state index contributed by atoms with van der Waals surface area (Å²) in [4.78, 5) is 23.4. The molecule has 1 aromatic carbocycles. The van der Waals surface area contributed by atoms with Crippen LogP contribution in [0.4, 0.5) is 0 Å². The monoisotopic (exact) mass is 415 g/mol. The highest BCUT2D eigenvalue weighted by atomic mass is 16.5. The number of carbonyl (C=O) groups is 1. The number of hydrogen-bond acceptors (Lipinski definition) is 4. The lowest BCUT2D eigenvalue weighted by Gasteiger charge is -2.37. The summed E-state index contributed by atoms with van der Waals surface area (Å²) >= 11 is 0. The minimum absolute atomic E-state index is 0.171. The number of piperazine rings is 1. The van der Waals surface area contributed by atoms with Gasteiger partial charge in [0.05, 0.1) is 19.8 Å². The van der Waals surface area contributed by atoms with E-state index in [4.69, 9.17) is 4.74 Å². The molecule has 0 saturated carbocycles. The second kappa shape index (κ2) is 10.3. The topological polar surface area (TPSA) is 60.4 Å². The molecule has 2 fully saturated rings. The first-order valence-electron chi connectivity index (χ1n) is 11.0. The predicted octanol–water partition coefficient (Wildman–Crippen LogP) is 1.54. The molecule has 2 aliphatic heterocycles. The van der Waals surface area contributed by atoms with E-state index in [1.54, 1.807) is 0 Å². The van der Waals surface area contributed by atoms with Gasteiger partial charge in [-0.2, -0.15) is 0 Å². The zero-order valence-corrected chi connectivity index (χ0v) is 19.0. The molecule has 2 aliphatic rings. The van der Waals surface area contributed by atoms with Crippen LogP contribution in [0.3, 0.4) is 0 Å². The Balaban J connectivity index is 1.44. The molecule has 1 aromatic rings. The first-order valence-corrected chi connectivity index (χ1v) is 11.0. The van der Waals surface area contributed by atoms with Gasteiger partial charge in [-0.3, -0.25) is 14.7 Å². The Morgan fingerprint density at radius 3 is 2.20 bits per heavy atom. The number of nitrogens with zero attached hydrogens (tertiary/aromatic N) is 4. The second-order valence-corrected chi connectivity index (χ2v) is 9.10. The van der Waals surface area contributed by atoms with Gasteiger partial charge in [0.25, 0.3) is 0 Å². The van der Waals surface area contributed by atoms with E-state index in [2.05, 4.69) is 65.1 Å². The van der Waals surface area contributed by atoms with Gasteiger partial charge in [0.1, 0.15) is 0 Å². The van der Waals surface area contributed by atoms with Gasteiger partial charge in [0, 0.05) is 52.9 Å². The van der Waals surface area contributed by atoms with Crippen LogP contribution in [0.2, 0.25) is 0 Å². The van der Waals surface area contributed by atoms with Crippen LogP contribution in [0, 0.1) is 0 Å². The first-order chi connectivity index (χ1) is 14.4. The molecule has 166 valence electrons. The van der Waals surface area contributed by atoms with Crippen molar-refractivity contribution in [1.82, 2.24) is 20.0 Å². The van der Waals surface area contributed by atoms with E-state index in [9.17, 15) is 4.79 Å². The van der Waals surface area contributed by atoms with Crippen molar-refractivity contribution in [2.45, 2.75) is 32.7 Å². The maximum absolute atomic E-state index is 12.5. The molecule has 1 N–H and O–H groups in total. The summed E-state index contributed by atoms with van der Waals surface area (Å²) in [5.41, 5.74) is 2.77. The van der Waals surface area contributed by atoms with Gasteiger partial charge >= 0.3 is 0 Å². The van der Waals surface area contributed by atoms with Crippen LogP contribution in [0.25, 0.3) is 0 Å². The summed E-state index contributed by atoms with van der Waals surface area (Å²) in [6.07, 6.45) is 0. The Kier molecular flexibility index (Phi) is 7.72. The molecule has 0 bridgehead atoms. The average molecular weight is 416 g/mol. The van der Waals surface area contributed by atoms with Crippen LogP contribution < -0.4 is 5.32 Å². The maximum atomic E-state index is 12.5. The van der Waals surface area contributed by atoms with Gasteiger partial charge in [-0.15, -0.1) is 0 Å². The minimum Gasteiger partial charge on any atom is -0.378 e. The fourth-order valence-corrected chi connectivity index (χ4v) is 3.86. The van der Waals surface area contributed by atoms with E-state index in [1.165, 1.54) is 11.1 Å². The van der Waals surface area contributed by atoms with Gasteiger partial charge in [0.2, 0.25) is 5.91 Å². The molecule has 0 radical (unpaired) electrons. The van der Waals surface area contributed by atoms with E-state index in [-0.39, 0.29) is 11.3 Å². The van der Waals surface area contributed by atoms with Crippen molar-refractivity contribution < 1.29 is 9.53 Å². The fourth-order valence-electron chi connectivity index (χ4n) is 3.86. The number of nitrogens with one attached hydrogen (secondary N) is 1. The number of aliphatic imine (C=N–C) groups is 1. The van der Waals surface area contributed by atoms with Crippen LogP contribution in [-0.4, -0.2) is 92.6 Å². The number of hydrogen-bond donors (Lipinski definition) is 1. The van der Waals surface area contributed by atoms with Crippen molar-refractivity contribution in [2.24, 2.45) is 4.99 Å². The third-order valence-corrected chi connectivity index (χ3v) is 5.88. The predicted molar refractivity (Wildman–Crippen MR) is 121 cm³/mol. The van der Waals surface area contributed by atoms with Crippen LogP contribution in [0.15, 0.2) is 29.3 Å². The number of carbonyl (C=O) groups excluding carboxylic acids is 1. The molecule has 7 heteroatoms. The highest BCUT2D eigenvalue weighted by molar-refractivity contribution is 5.80. The quantitative estimate of drug-likeness (QED) is 0.597. The Morgan fingerprint density at radius 1 is 1.00 bits per heavy atom. The van der Waals surface area contributed by atoms with Gasteiger partial charge in [-0.1, -0.05) is 45.0 Å². The SMILES string of the molecule is CN=C(NCc1ccc(C(C)(C)C)cc1)N1CCN(CC(=O)N2CCOCC2)CC1. The summed E-state index contributed by atoms with van der Waals surface area (Å²) in [5.74, 6) is 1.14. The zero-order chi connectivity index (χ0) is 21.6. The number of amides is 1. The zero-order valence-electron chi connectivity index (χ0n) is 19.0. The third-order valence-electron chi connectivity index (χ3n) is 5.88. The molecule has 3 rings (SSSR count). The summed E-state index contributed by atoms with van der Waals surface area (Å²) in [5, 5.41) is 3.49. The third kappa shape index (κ3) is 6.19. The molecule has 2 saturated heterocycles. The lowest BCUT2D eigenvalue weighted by molar-refractivity contribution is -0.136. The minimum atomic E-state index is 0.171. The van der Waals surface area contributed by atoms with E-state index >= 15 is 0 Å². The molecular weight excluding hydrogens is 378 g/mol. The lowest BCUT2D eigenvalue weighted by atomic mass is 9.87. The smallest absolute Gasteiger partial charge is 0.236 e. The highest BCUT2D eigenvalue weighted by Crippen LogP contribution is 2.22. The second-order valence-electron chi connectivity index (χ2n) is 9.10. The number of benzene rings is 1. The molecule has 7 nitrogen and oxygen atoms in total. The van der Waals surface area contributed by atoms with Gasteiger partial charge < -0.3 is 19.9 Å². The molecule has 1 amide bonds. The number of guanidine groups is 1. The maximum Gasteiger partial charge on any atom is 0.236 e. The standard InChI is InChI=1S/C23H37N5O2/c1-23(2,3)20-7-5-19(6-8-20)17-25-22(24-4)28-11-9-26(10-12-28)18-21(29)27-13-15-30-16-14-27/h5-8H,9-18H2,1-4H3,(H,24,25). The molecule has 0 atom stereocenters. The fraction of sp³-hybridized carbons (Fsp3) is 0.652. The molecule has 0 aromatic heterocycles. The van der Waals surface area contributed by atoms with E-state index in [1.807, 2.05) is 11.9 Å². The van der Waals surface area contributed by atoms with Crippen molar-refractivity contribution in [3.05, 3.63) is 35.4 Å². The van der Waals surface area contributed by atoms with Gasteiger partial charge in [-0.25, -0.2) is 0 Å². The van der Waals surface area contributed by atoms with Gasteiger partial charge in [0.15, 0.2) is 5.96 Å². The Morgan fingerprint density at radius 2 is 1.63 bits per heavy atom. The molecular formula is C23H37N5O2. The average Bonchev–Trinajstić information content (AvgIpc) is 2.75. The van der Waals surface area contributed by atoms with Gasteiger partial charge in [-0.05, 0) is 16.5 Å². The normalized spacial score (nSPS) is 19.1. The van der Waals surface area contributed by atoms with Crippen LogP contribution in [-0.2, 0) is 21.5 Å². The number of rotatable bonds is 4. The molecule has 0 spiro atoms. The van der Waals surface area contributed by atoms with Crippen molar-refractivity contribution >= 4 is 11.9 Å². The molecule has 0 aliphatic carbocycles. The number of morpholine rings is 1. The van der Waals surface area contributed by atoms with Crippen LogP contribution in [0.1, 0.15) is 31.9 Å². The Hall–Kier alpha value is -2.12. The Labute approximate surface area is 181 Å². The molecule has 30 heavy (non-hydrogen) atoms. The molecule has 0 unspecified atom stereocenters. The summed E-state index contributed by atoms with van der Waals surface area (Å²) in [6.45, 7) is 14.2. The van der Waals surface area contributed by atoms with E-state index in [0.29, 0.717) is 32.8 Å². The van der Waals surface area contributed by atoms with Crippen molar-refractivity contribution in [3.8, 4) is 0 Å². The first kappa shape index (κ1) is 22.6. The van der Waals surface area contributed by atoms with Crippen molar-refractivity contribution in [1.29, 1.82) is 0 Å². The summed E-state index contributed by atoms with van der Waals surface area (Å²) in [6, 6.07) is 8.81. The van der Waals surface area contributed by atoms with Crippen LogP contribution in [0.5, 0.6) is 0 Å². The summed E-state index contributed by atoms with van der Waals surface area (Å²) in [7, 11) is 1.83. The summed E-state index contributed by atoms with van der Waals surface area (Å²) < 4.78 is 5.33. The highest BCUT2D eigenvalue weighted by Gasteiger charge is 2.24. The largest absolute Gasteiger partial charge is 0.378 e. The van der Waals surface area contributed by atoms with Crippen LogP contribution >= 0.6 is 0 Å². The Bertz CT molecular complexity index is 712.